The number of rotatable bonds is 3. The molecule has 1 aliphatic heterocycles. The van der Waals surface area contributed by atoms with Crippen LogP contribution in [0.3, 0.4) is 0 Å². The van der Waals surface area contributed by atoms with Crippen LogP contribution in [0.4, 0.5) is 11.6 Å². The molecule has 0 amide bonds. The molecule has 0 radical (unpaired) electrons. The van der Waals surface area contributed by atoms with Gasteiger partial charge >= 0.3 is 0 Å². The average molecular weight is 256 g/mol. The molecule has 0 saturated carbocycles. The third kappa shape index (κ3) is 2.66. The number of hydrogen-bond acceptors (Lipinski definition) is 5. The van der Waals surface area contributed by atoms with Crippen molar-refractivity contribution in [3.63, 3.8) is 0 Å². The second-order valence-corrected chi connectivity index (χ2v) is 4.45. The Kier molecular flexibility index (Phi) is 3.29. The van der Waals surface area contributed by atoms with Crippen LogP contribution in [-0.2, 0) is 13.0 Å². The van der Waals surface area contributed by atoms with Crippen LogP contribution < -0.4 is 15.4 Å². The second kappa shape index (κ2) is 5.24. The van der Waals surface area contributed by atoms with E-state index in [1.54, 1.807) is 7.11 Å². The highest BCUT2D eigenvalue weighted by atomic mass is 16.5. The summed E-state index contributed by atoms with van der Waals surface area (Å²) in [7, 11) is 1.65. The van der Waals surface area contributed by atoms with Crippen LogP contribution >= 0.6 is 0 Å². The van der Waals surface area contributed by atoms with E-state index in [-0.39, 0.29) is 0 Å². The topological polar surface area (TPSA) is 59.1 Å². The van der Waals surface area contributed by atoms with Gasteiger partial charge in [-0.1, -0.05) is 0 Å². The van der Waals surface area contributed by atoms with Crippen molar-refractivity contribution in [2.75, 3.05) is 19.0 Å². The summed E-state index contributed by atoms with van der Waals surface area (Å²) < 4.78 is 5.13. The van der Waals surface area contributed by atoms with E-state index in [0.29, 0.717) is 5.95 Å². The van der Waals surface area contributed by atoms with Crippen molar-refractivity contribution in [3.8, 4) is 5.75 Å². The van der Waals surface area contributed by atoms with Gasteiger partial charge in [0.15, 0.2) is 0 Å². The lowest BCUT2D eigenvalue weighted by atomic mass is 10.1. The molecule has 1 aliphatic rings. The molecule has 98 valence electrons. The van der Waals surface area contributed by atoms with Crippen LogP contribution in [0.25, 0.3) is 0 Å². The Hall–Kier alpha value is -2.14. The highest BCUT2D eigenvalue weighted by Gasteiger charge is 2.11. The lowest BCUT2D eigenvalue weighted by Gasteiger charge is -2.16. The third-order valence-corrected chi connectivity index (χ3v) is 3.16. The molecule has 0 atom stereocenters. The molecule has 0 saturated heterocycles. The van der Waals surface area contributed by atoms with Crippen LogP contribution in [0, 0.1) is 0 Å². The number of benzene rings is 1. The van der Waals surface area contributed by atoms with Crippen molar-refractivity contribution in [2.24, 2.45) is 0 Å². The molecule has 1 aromatic carbocycles. The van der Waals surface area contributed by atoms with Gasteiger partial charge in [-0.15, -0.1) is 0 Å². The van der Waals surface area contributed by atoms with Gasteiger partial charge in [-0.3, -0.25) is 0 Å². The van der Waals surface area contributed by atoms with E-state index in [2.05, 4.69) is 20.6 Å². The van der Waals surface area contributed by atoms with Crippen molar-refractivity contribution in [3.05, 3.63) is 41.7 Å². The third-order valence-electron chi connectivity index (χ3n) is 3.16. The molecule has 1 aromatic heterocycles. The van der Waals surface area contributed by atoms with E-state index in [1.807, 2.05) is 30.5 Å². The lowest BCUT2D eigenvalue weighted by Crippen LogP contribution is -2.25. The maximum absolute atomic E-state index is 5.13. The largest absolute Gasteiger partial charge is 0.497 e. The zero-order valence-corrected chi connectivity index (χ0v) is 10.8. The number of methoxy groups -OCH3 is 1. The summed E-state index contributed by atoms with van der Waals surface area (Å²) >= 11 is 0. The van der Waals surface area contributed by atoms with Gasteiger partial charge in [0, 0.05) is 18.4 Å². The summed E-state index contributed by atoms with van der Waals surface area (Å²) in [5.41, 5.74) is 3.26. The first-order valence-corrected chi connectivity index (χ1v) is 6.32. The van der Waals surface area contributed by atoms with Gasteiger partial charge in [0.05, 0.1) is 12.8 Å². The Morgan fingerprint density at radius 3 is 2.89 bits per heavy atom. The van der Waals surface area contributed by atoms with Gasteiger partial charge in [-0.05, 0) is 42.8 Å². The molecule has 2 N–H and O–H groups in total. The summed E-state index contributed by atoms with van der Waals surface area (Å²) in [5, 5.41) is 6.51. The van der Waals surface area contributed by atoms with Crippen LogP contribution in [-0.4, -0.2) is 23.6 Å². The molecule has 0 aliphatic carbocycles. The van der Waals surface area contributed by atoms with Crippen LogP contribution in [0.2, 0.25) is 0 Å². The summed E-state index contributed by atoms with van der Waals surface area (Å²) in [5.74, 6) is 1.47. The molecule has 2 aromatic rings. The smallest absolute Gasteiger partial charge is 0.227 e. The van der Waals surface area contributed by atoms with E-state index in [9.17, 15) is 0 Å². The lowest BCUT2D eigenvalue weighted by molar-refractivity contribution is 0.415. The van der Waals surface area contributed by atoms with Gasteiger partial charge < -0.3 is 15.4 Å². The number of fused-ring (bicyclic) bond motifs is 1. The quantitative estimate of drug-likeness (QED) is 0.878. The Balaban J connectivity index is 1.78. The van der Waals surface area contributed by atoms with Crippen molar-refractivity contribution < 1.29 is 4.74 Å². The summed E-state index contributed by atoms with van der Waals surface area (Å²) in [4.78, 5) is 8.88. The monoisotopic (exact) mass is 256 g/mol. The van der Waals surface area contributed by atoms with Crippen molar-refractivity contribution in [1.82, 2.24) is 15.3 Å². The van der Waals surface area contributed by atoms with Gasteiger partial charge in [-0.2, -0.15) is 0 Å². The van der Waals surface area contributed by atoms with Gasteiger partial charge in [0.2, 0.25) is 5.95 Å². The first-order chi connectivity index (χ1) is 9.35. The minimum atomic E-state index is 0.632. The second-order valence-electron chi connectivity index (χ2n) is 4.45. The Morgan fingerprint density at radius 2 is 2.11 bits per heavy atom. The maximum Gasteiger partial charge on any atom is 0.227 e. The number of anilines is 2. The van der Waals surface area contributed by atoms with Gasteiger partial charge in [0.1, 0.15) is 5.75 Å². The minimum absolute atomic E-state index is 0.632. The molecule has 0 unspecified atom stereocenters. The molecule has 3 rings (SSSR count). The predicted octanol–water partition coefficient (Wildman–Crippen LogP) is 1.87. The van der Waals surface area contributed by atoms with Crippen molar-refractivity contribution >= 4 is 11.6 Å². The molecule has 19 heavy (non-hydrogen) atoms. The molecule has 2 heterocycles. The van der Waals surface area contributed by atoms with E-state index in [4.69, 9.17) is 4.74 Å². The normalized spacial score (nSPS) is 13.7. The van der Waals surface area contributed by atoms with E-state index in [1.165, 1.54) is 5.56 Å². The summed E-state index contributed by atoms with van der Waals surface area (Å²) in [6.45, 7) is 1.82. The zero-order valence-electron chi connectivity index (χ0n) is 10.8. The predicted molar refractivity (Wildman–Crippen MR) is 73.7 cm³/mol. The number of hydrogen-bond donors (Lipinski definition) is 2. The Labute approximate surface area is 112 Å². The Bertz CT molecular complexity index is 568. The summed E-state index contributed by atoms with van der Waals surface area (Å²) in [6, 6.07) is 7.70. The molecular formula is C14H16N4O. The van der Waals surface area contributed by atoms with Gasteiger partial charge in [-0.25, -0.2) is 9.97 Å². The van der Waals surface area contributed by atoms with E-state index < -0.39 is 0 Å². The highest BCUT2D eigenvalue weighted by Crippen LogP contribution is 2.19. The Morgan fingerprint density at radius 1 is 1.26 bits per heavy atom. The van der Waals surface area contributed by atoms with E-state index in [0.717, 1.165) is 36.6 Å². The number of nitrogens with zero attached hydrogens (tertiary/aromatic N) is 2. The molecule has 5 heteroatoms. The van der Waals surface area contributed by atoms with Crippen LogP contribution in [0.15, 0.2) is 30.5 Å². The molecule has 0 spiro atoms. The fraction of sp³-hybridized carbons (Fsp3) is 0.286. The van der Waals surface area contributed by atoms with Crippen LogP contribution in [0.5, 0.6) is 5.75 Å². The molecular weight excluding hydrogens is 240 g/mol. The SMILES string of the molecule is COc1ccc(Nc2ncc3c(n2)CNCC3)cc1. The summed E-state index contributed by atoms with van der Waals surface area (Å²) in [6.07, 6.45) is 2.91. The number of aromatic nitrogens is 2. The van der Waals surface area contributed by atoms with Crippen LogP contribution in [0.1, 0.15) is 11.3 Å². The van der Waals surface area contributed by atoms with E-state index >= 15 is 0 Å². The minimum Gasteiger partial charge on any atom is -0.497 e. The van der Waals surface area contributed by atoms with Gasteiger partial charge in [0.25, 0.3) is 0 Å². The average Bonchev–Trinajstić information content (AvgIpc) is 2.48. The van der Waals surface area contributed by atoms with Crippen molar-refractivity contribution in [2.45, 2.75) is 13.0 Å². The molecule has 0 bridgehead atoms. The zero-order chi connectivity index (χ0) is 13.1. The number of ether oxygens (including phenoxy) is 1. The number of nitrogens with one attached hydrogen (secondary N) is 2. The standard InChI is InChI=1S/C14H16N4O/c1-19-12-4-2-11(3-5-12)17-14-16-8-10-6-7-15-9-13(10)18-14/h2-5,8,15H,6-7,9H2,1H3,(H,16,17,18). The first-order valence-electron chi connectivity index (χ1n) is 6.32. The molecule has 0 fully saturated rings. The highest BCUT2D eigenvalue weighted by molar-refractivity contribution is 5.54. The maximum atomic E-state index is 5.13. The fourth-order valence-corrected chi connectivity index (χ4v) is 2.10. The fourth-order valence-electron chi connectivity index (χ4n) is 2.10. The van der Waals surface area contributed by atoms with Crippen molar-refractivity contribution in [1.29, 1.82) is 0 Å². The molecule has 5 nitrogen and oxygen atoms in total. The first kappa shape index (κ1) is 11.9.